The zero-order valence-electron chi connectivity index (χ0n) is 10.7. The fourth-order valence-corrected chi connectivity index (χ4v) is 1.52. The first-order chi connectivity index (χ1) is 6.62. The van der Waals surface area contributed by atoms with Gasteiger partial charge in [-0.1, -0.05) is 53.1 Å². The van der Waals surface area contributed by atoms with Gasteiger partial charge in [-0.15, -0.1) is 0 Å². The lowest BCUT2D eigenvalue weighted by Gasteiger charge is -2.24. The molecule has 2 radical (unpaired) electrons. The first-order valence-electron chi connectivity index (χ1n) is 5.39. The summed E-state index contributed by atoms with van der Waals surface area (Å²) in [7, 11) is 6.04. The van der Waals surface area contributed by atoms with Gasteiger partial charge in [-0.3, -0.25) is 4.98 Å². The van der Waals surface area contributed by atoms with Crippen molar-refractivity contribution in [1.29, 1.82) is 0 Å². The predicted octanol–water partition coefficient (Wildman–Crippen LogP) is 2.47. The van der Waals surface area contributed by atoms with Crippen LogP contribution in [0.15, 0.2) is 12.3 Å². The summed E-state index contributed by atoms with van der Waals surface area (Å²) in [5.41, 5.74) is 3.09. The molecule has 0 aliphatic carbocycles. The number of hydrogen-bond donors (Lipinski definition) is 0. The molecule has 0 aliphatic rings. The maximum atomic E-state index is 6.04. The zero-order valence-corrected chi connectivity index (χ0v) is 10.7. The van der Waals surface area contributed by atoms with Crippen LogP contribution in [0.1, 0.15) is 52.8 Å². The van der Waals surface area contributed by atoms with Crippen LogP contribution >= 0.6 is 0 Å². The third kappa shape index (κ3) is 2.83. The molecule has 1 aromatic heterocycles. The lowest BCUT2D eigenvalue weighted by Crippen LogP contribution is -2.27. The standard InChI is InChI=1S/C13H20BN/c1-12(2,3)9-7-10(14)11(15-8-9)13(4,5)6/h7-8H,1-6H3. The van der Waals surface area contributed by atoms with E-state index in [1.807, 2.05) is 12.3 Å². The van der Waals surface area contributed by atoms with E-state index in [4.69, 9.17) is 7.85 Å². The highest BCUT2D eigenvalue weighted by atomic mass is 14.7. The van der Waals surface area contributed by atoms with Crippen LogP contribution in [-0.2, 0) is 10.8 Å². The molecule has 0 aromatic carbocycles. The number of pyridine rings is 1. The Morgan fingerprint density at radius 3 is 1.87 bits per heavy atom. The van der Waals surface area contributed by atoms with E-state index < -0.39 is 0 Å². The summed E-state index contributed by atoms with van der Waals surface area (Å²) in [4.78, 5) is 4.49. The van der Waals surface area contributed by atoms with Crippen LogP contribution < -0.4 is 5.46 Å². The molecule has 0 amide bonds. The van der Waals surface area contributed by atoms with E-state index in [0.717, 1.165) is 11.2 Å². The highest BCUT2D eigenvalue weighted by molar-refractivity contribution is 6.33. The molecule has 0 saturated carbocycles. The summed E-state index contributed by atoms with van der Waals surface area (Å²) in [5.74, 6) is 0. The first kappa shape index (κ1) is 12.3. The fourth-order valence-electron chi connectivity index (χ4n) is 1.52. The third-order valence-corrected chi connectivity index (χ3v) is 2.49. The van der Waals surface area contributed by atoms with Crippen LogP contribution in [0.3, 0.4) is 0 Å². The van der Waals surface area contributed by atoms with Crippen LogP contribution in [0.25, 0.3) is 0 Å². The lowest BCUT2D eigenvalue weighted by molar-refractivity contribution is 0.561. The summed E-state index contributed by atoms with van der Waals surface area (Å²) in [6.45, 7) is 12.9. The van der Waals surface area contributed by atoms with Crippen LogP contribution in [-0.4, -0.2) is 12.8 Å². The lowest BCUT2D eigenvalue weighted by atomic mass is 9.78. The third-order valence-electron chi connectivity index (χ3n) is 2.49. The average molecular weight is 201 g/mol. The molecule has 0 fully saturated rings. The molecule has 15 heavy (non-hydrogen) atoms. The van der Waals surface area contributed by atoms with Crippen molar-refractivity contribution in [3.05, 3.63) is 23.5 Å². The minimum Gasteiger partial charge on any atom is -0.261 e. The van der Waals surface area contributed by atoms with Crippen LogP contribution in [0.2, 0.25) is 0 Å². The van der Waals surface area contributed by atoms with Gasteiger partial charge in [-0.05, 0) is 11.0 Å². The molecule has 80 valence electrons. The Kier molecular flexibility index (Phi) is 3.00. The van der Waals surface area contributed by atoms with Gasteiger partial charge in [-0.25, -0.2) is 0 Å². The molecule has 0 saturated heterocycles. The number of nitrogens with zero attached hydrogens (tertiary/aromatic N) is 1. The smallest absolute Gasteiger partial charge is 0.116 e. The minimum absolute atomic E-state index is 0.0144. The molecule has 0 aliphatic heterocycles. The van der Waals surface area contributed by atoms with Crippen molar-refractivity contribution in [2.45, 2.75) is 52.4 Å². The summed E-state index contributed by atoms with van der Waals surface area (Å²) in [5, 5.41) is 0. The Labute approximate surface area is 94.7 Å². The Morgan fingerprint density at radius 1 is 1.00 bits per heavy atom. The molecule has 1 nitrogen and oxygen atoms in total. The van der Waals surface area contributed by atoms with Crippen molar-refractivity contribution in [2.75, 3.05) is 0 Å². The van der Waals surface area contributed by atoms with Gasteiger partial charge in [0.15, 0.2) is 0 Å². The monoisotopic (exact) mass is 201 g/mol. The molecule has 1 heterocycles. The number of hydrogen-bond acceptors (Lipinski definition) is 1. The quantitative estimate of drug-likeness (QED) is 0.587. The molecule has 2 heteroatoms. The zero-order chi connectivity index (χ0) is 11.9. The van der Waals surface area contributed by atoms with Gasteiger partial charge in [0.05, 0.1) is 0 Å². The van der Waals surface area contributed by atoms with Crippen molar-refractivity contribution in [2.24, 2.45) is 0 Å². The second kappa shape index (κ2) is 3.66. The average Bonchev–Trinajstić information content (AvgIpc) is 1.99. The molecular weight excluding hydrogens is 181 g/mol. The maximum absolute atomic E-state index is 6.04. The Morgan fingerprint density at radius 2 is 1.53 bits per heavy atom. The van der Waals surface area contributed by atoms with Crippen molar-refractivity contribution in [3.8, 4) is 0 Å². The van der Waals surface area contributed by atoms with Gasteiger partial charge < -0.3 is 0 Å². The molecular formula is C13H20BN. The molecule has 0 N–H and O–H groups in total. The van der Waals surface area contributed by atoms with Crippen molar-refractivity contribution < 1.29 is 0 Å². The molecule has 0 unspecified atom stereocenters. The largest absolute Gasteiger partial charge is 0.261 e. The van der Waals surface area contributed by atoms with E-state index >= 15 is 0 Å². The van der Waals surface area contributed by atoms with Crippen LogP contribution in [0.4, 0.5) is 0 Å². The van der Waals surface area contributed by atoms with Gasteiger partial charge in [0.2, 0.25) is 0 Å². The minimum atomic E-state index is 0.0144. The summed E-state index contributed by atoms with van der Waals surface area (Å²) >= 11 is 0. The van der Waals surface area contributed by atoms with Crippen molar-refractivity contribution in [3.63, 3.8) is 0 Å². The van der Waals surface area contributed by atoms with Gasteiger partial charge in [0, 0.05) is 17.3 Å². The second-order valence-corrected chi connectivity index (χ2v) is 6.16. The summed E-state index contributed by atoms with van der Waals surface area (Å²) in [6.07, 6.45) is 1.94. The molecule has 1 aromatic rings. The fraction of sp³-hybridized carbons (Fsp3) is 0.615. The van der Waals surface area contributed by atoms with E-state index in [-0.39, 0.29) is 10.8 Å². The molecule has 0 atom stereocenters. The maximum Gasteiger partial charge on any atom is 0.116 e. The van der Waals surface area contributed by atoms with E-state index in [0.29, 0.717) is 0 Å². The van der Waals surface area contributed by atoms with Crippen molar-refractivity contribution >= 4 is 13.3 Å². The van der Waals surface area contributed by atoms with Crippen LogP contribution in [0.5, 0.6) is 0 Å². The molecule has 0 spiro atoms. The van der Waals surface area contributed by atoms with Gasteiger partial charge in [-0.2, -0.15) is 0 Å². The topological polar surface area (TPSA) is 12.9 Å². The van der Waals surface area contributed by atoms with Crippen LogP contribution in [0, 0.1) is 0 Å². The van der Waals surface area contributed by atoms with Gasteiger partial charge in [0.25, 0.3) is 0 Å². The number of aromatic nitrogens is 1. The highest BCUT2D eigenvalue weighted by Crippen LogP contribution is 2.23. The van der Waals surface area contributed by atoms with Gasteiger partial charge in [0.1, 0.15) is 7.85 Å². The molecule has 0 bridgehead atoms. The Balaban J connectivity index is 3.21. The van der Waals surface area contributed by atoms with E-state index in [2.05, 4.69) is 46.5 Å². The number of rotatable bonds is 0. The normalized spacial score (nSPS) is 12.9. The van der Waals surface area contributed by atoms with E-state index in [1.54, 1.807) is 0 Å². The van der Waals surface area contributed by atoms with Gasteiger partial charge >= 0.3 is 0 Å². The Bertz CT molecular complexity index is 356. The molecule has 1 rings (SSSR count). The summed E-state index contributed by atoms with van der Waals surface area (Å²) in [6, 6.07) is 2.05. The van der Waals surface area contributed by atoms with Crippen molar-refractivity contribution in [1.82, 2.24) is 4.98 Å². The van der Waals surface area contributed by atoms with E-state index in [1.165, 1.54) is 5.56 Å². The SMILES string of the molecule is [B]c1cc(C(C)(C)C)cnc1C(C)(C)C. The first-order valence-corrected chi connectivity index (χ1v) is 5.39. The second-order valence-electron chi connectivity index (χ2n) is 6.16. The van der Waals surface area contributed by atoms with E-state index in [9.17, 15) is 0 Å². The summed E-state index contributed by atoms with van der Waals surface area (Å²) < 4.78 is 0. The predicted molar refractivity (Wildman–Crippen MR) is 67.0 cm³/mol. The Hall–Kier alpha value is -0.785. The highest BCUT2D eigenvalue weighted by Gasteiger charge is 2.20.